The Labute approximate surface area is 161 Å². The van der Waals surface area contributed by atoms with Gasteiger partial charge in [-0.3, -0.25) is 14.5 Å². The van der Waals surface area contributed by atoms with Gasteiger partial charge in [-0.1, -0.05) is 18.9 Å². The first-order valence-corrected chi connectivity index (χ1v) is 9.92. The lowest BCUT2D eigenvalue weighted by molar-refractivity contribution is -0.123. The zero-order valence-electron chi connectivity index (χ0n) is 14.8. The SMILES string of the molecule is Nc1ccc2c(c1)O/C(=C/c1cccs1)C(=O)N2CC(=O)NC1CCCC1. The van der Waals surface area contributed by atoms with Crippen LogP contribution >= 0.6 is 11.3 Å². The van der Waals surface area contributed by atoms with Gasteiger partial charge >= 0.3 is 0 Å². The van der Waals surface area contributed by atoms with Gasteiger partial charge in [-0.25, -0.2) is 0 Å². The van der Waals surface area contributed by atoms with E-state index in [-0.39, 0.29) is 30.2 Å². The van der Waals surface area contributed by atoms with Gasteiger partial charge in [0.1, 0.15) is 6.54 Å². The van der Waals surface area contributed by atoms with E-state index in [9.17, 15) is 9.59 Å². The van der Waals surface area contributed by atoms with Crippen molar-refractivity contribution in [3.8, 4) is 5.75 Å². The van der Waals surface area contributed by atoms with E-state index in [4.69, 9.17) is 10.5 Å². The number of nitrogens with two attached hydrogens (primary N) is 1. The van der Waals surface area contributed by atoms with Gasteiger partial charge < -0.3 is 15.8 Å². The summed E-state index contributed by atoms with van der Waals surface area (Å²) in [5.41, 5.74) is 6.96. The quantitative estimate of drug-likeness (QED) is 0.627. The van der Waals surface area contributed by atoms with Crippen LogP contribution in [0.1, 0.15) is 30.6 Å². The second-order valence-corrected chi connectivity index (χ2v) is 7.77. The molecule has 0 spiro atoms. The van der Waals surface area contributed by atoms with Crippen LogP contribution in [0.4, 0.5) is 11.4 Å². The molecule has 2 heterocycles. The van der Waals surface area contributed by atoms with Crippen LogP contribution in [-0.4, -0.2) is 24.4 Å². The van der Waals surface area contributed by atoms with E-state index in [0.717, 1.165) is 30.6 Å². The molecule has 0 atom stereocenters. The first-order valence-electron chi connectivity index (χ1n) is 9.04. The third kappa shape index (κ3) is 3.83. The molecule has 7 heteroatoms. The van der Waals surface area contributed by atoms with Crippen LogP contribution in [0.15, 0.2) is 41.5 Å². The number of fused-ring (bicyclic) bond motifs is 1. The molecule has 0 saturated heterocycles. The number of hydrogen-bond acceptors (Lipinski definition) is 5. The van der Waals surface area contributed by atoms with Crippen LogP contribution in [-0.2, 0) is 9.59 Å². The van der Waals surface area contributed by atoms with E-state index < -0.39 is 0 Å². The Balaban J connectivity index is 1.61. The number of nitrogens with zero attached hydrogens (tertiary/aromatic N) is 1. The maximum Gasteiger partial charge on any atom is 0.294 e. The van der Waals surface area contributed by atoms with Gasteiger partial charge in [0.25, 0.3) is 5.91 Å². The Morgan fingerprint density at radius 3 is 2.89 bits per heavy atom. The molecule has 1 aliphatic carbocycles. The van der Waals surface area contributed by atoms with Crippen LogP contribution in [0.25, 0.3) is 6.08 Å². The van der Waals surface area contributed by atoms with Crippen LogP contribution in [0, 0.1) is 0 Å². The maximum atomic E-state index is 13.0. The zero-order valence-corrected chi connectivity index (χ0v) is 15.6. The molecule has 1 aromatic heterocycles. The van der Waals surface area contributed by atoms with Crippen LogP contribution in [0.5, 0.6) is 5.75 Å². The number of hydrogen-bond donors (Lipinski definition) is 2. The van der Waals surface area contributed by atoms with Crippen molar-refractivity contribution in [2.24, 2.45) is 0 Å². The van der Waals surface area contributed by atoms with E-state index in [0.29, 0.717) is 17.1 Å². The number of thiophene rings is 1. The molecule has 6 nitrogen and oxygen atoms in total. The molecule has 3 N–H and O–H groups in total. The molecule has 1 aromatic carbocycles. The minimum Gasteiger partial charge on any atom is -0.449 e. The highest BCUT2D eigenvalue weighted by atomic mass is 32.1. The predicted octanol–water partition coefficient (Wildman–Crippen LogP) is 3.16. The van der Waals surface area contributed by atoms with Crippen LogP contribution in [0.2, 0.25) is 0 Å². The molecule has 2 aliphatic rings. The summed E-state index contributed by atoms with van der Waals surface area (Å²) in [5.74, 6) is 0.174. The van der Waals surface area contributed by atoms with E-state index in [1.807, 2.05) is 17.5 Å². The summed E-state index contributed by atoms with van der Waals surface area (Å²) in [4.78, 5) is 27.9. The fourth-order valence-corrected chi connectivity index (χ4v) is 4.12. The average Bonchev–Trinajstić information content (AvgIpc) is 3.32. The molecule has 2 amide bonds. The zero-order chi connectivity index (χ0) is 18.8. The number of carbonyl (C=O) groups is 2. The van der Waals surface area contributed by atoms with E-state index in [2.05, 4.69) is 5.32 Å². The lowest BCUT2D eigenvalue weighted by Crippen LogP contribution is -2.46. The molecule has 140 valence electrons. The molecular weight excluding hydrogens is 362 g/mol. The second kappa shape index (κ2) is 7.44. The molecule has 0 radical (unpaired) electrons. The lowest BCUT2D eigenvalue weighted by Gasteiger charge is -2.30. The molecule has 1 saturated carbocycles. The largest absolute Gasteiger partial charge is 0.449 e. The highest BCUT2D eigenvalue weighted by Gasteiger charge is 2.32. The van der Waals surface area contributed by atoms with Crippen molar-refractivity contribution in [2.75, 3.05) is 17.2 Å². The van der Waals surface area contributed by atoms with Gasteiger partial charge in [0.2, 0.25) is 5.91 Å². The topological polar surface area (TPSA) is 84.7 Å². The number of nitrogens with one attached hydrogen (secondary N) is 1. The third-order valence-electron chi connectivity index (χ3n) is 4.79. The summed E-state index contributed by atoms with van der Waals surface area (Å²) in [6, 6.07) is 9.11. The minimum absolute atomic E-state index is 0.0443. The number of amides is 2. The fraction of sp³-hybridized carbons (Fsp3) is 0.300. The summed E-state index contributed by atoms with van der Waals surface area (Å²) in [5, 5.41) is 4.96. The number of nitrogen functional groups attached to an aromatic ring is 1. The number of anilines is 2. The minimum atomic E-state index is -0.331. The third-order valence-corrected chi connectivity index (χ3v) is 5.61. The highest BCUT2D eigenvalue weighted by Crippen LogP contribution is 2.37. The Bertz CT molecular complexity index is 886. The lowest BCUT2D eigenvalue weighted by atomic mass is 10.1. The number of rotatable bonds is 4. The maximum absolute atomic E-state index is 13.0. The van der Waals surface area contributed by atoms with Gasteiger partial charge in [0, 0.05) is 28.7 Å². The predicted molar refractivity (Wildman–Crippen MR) is 107 cm³/mol. The second-order valence-electron chi connectivity index (χ2n) is 6.79. The Morgan fingerprint density at radius 1 is 1.33 bits per heavy atom. The molecule has 27 heavy (non-hydrogen) atoms. The molecule has 0 unspecified atom stereocenters. The molecule has 1 fully saturated rings. The summed E-state index contributed by atoms with van der Waals surface area (Å²) < 4.78 is 5.81. The number of benzene rings is 1. The number of ether oxygens (including phenoxy) is 1. The summed E-state index contributed by atoms with van der Waals surface area (Å²) in [7, 11) is 0. The van der Waals surface area contributed by atoms with Crippen molar-refractivity contribution in [2.45, 2.75) is 31.7 Å². The Kier molecular flexibility index (Phi) is 4.85. The Morgan fingerprint density at radius 2 is 2.15 bits per heavy atom. The van der Waals surface area contributed by atoms with E-state index in [1.54, 1.807) is 24.3 Å². The van der Waals surface area contributed by atoms with Gasteiger partial charge in [0.05, 0.1) is 5.69 Å². The van der Waals surface area contributed by atoms with Crippen molar-refractivity contribution < 1.29 is 14.3 Å². The molecular formula is C20H21N3O3S. The summed E-state index contributed by atoms with van der Waals surface area (Å²) >= 11 is 1.51. The number of carbonyl (C=O) groups excluding carboxylic acids is 2. The summed E-state index contributed by atoms with van der Waals surface area (Å²) in [6.07, 6.45) is 5.97. The fourth-order valence-electron chi connectivity index (χ4n) is 3.48. The van der Waals surface area contributed by atoms with E-state index in [1.165, 1.54) is 16.2 Å². The first-order chi connectivity index (χ1) is 13.1. The highest BCUT2D eigenvalue weighted by molar-refractivity contribution is 7.10. The molecule has 4 rings (SSSR count). The molecule has 0 bridgehead atoms. The van der Waals surface area contributed by atoms with Gasteiger partial charge in [-0.15, -0.1) is 11.3 Å². The van der Waals surface area contributed by atoms with Gasteiger partial charge in [-0.2, -0.15) is 0 Å². The van der Waals surface area contributed by atoms with Crippen LogP contribution < -0.4 is 20.7 Å². The van der Waals surface area contributed by atoms with Crippen molar-refractivity contribution in [1.82, 2.24) is 5.32 Å². The van der Waals surface area contributed by atoms with Gasteiger partial charge in [-0.05, 0) is 36.4 Å². The Hall–Kier alpha value is -2.80. The average molecular weight is 383 g/mol. The standard InChI is InChI=1S/C20H21N3O3S/c21-13-7-8-16-17(10-13)26-18(11-15-6-3-9-27-15)20(25)23(16)12-19(24)22-14-4-1-2-5-14/h3,6-11,14H,1-2,4-5,12,21H2,(H,22,24)/b18-11+. The molecule has 1 aliphatic heterocycles. The summed E-state index contributed by atoms with van der Waals surface area (Å²) in [6.45, 7) is -0.0443. The first kappa shape index (κ1) is 17.6. The van der Waals surface area contributed by atoms with Crippen LogP contribution in [0.3, 0.4) is 0 Å². The van der Waals surface area contributed by atoms with Gasteiger partial charge in [0.15, 0.2) is 11.5 Å². The normalized spacial score (nSPS) is 18.4. The van der Waals surface area contributed by atoms with Crippen molar-refractivity contribution >= 4 is 40.6 Å². The van der Waals surface area contributed by atoms with Crippen molar-refractivity contribution in [1.29, 1.82) is 0 Å². The van der Waals surface area contributed by atoms with Crippen molar-refractivity contribution in [3.05, 3.63) is 46.3 Å². The molecule has 2 aromatic rings. The van der Waals surface area contributed by atoms with E-state index >= 15 is 0 Å². The van der Waals surface area contributed by atoms with Crippen molar-refractivity contribution in [3.63, 3.8) is 0 Å². The smallest absolute Gasteiger partial charge is 0.294 e. The monoisotopic (exact) mass is 383 g/mol.